The van der Waals surface area contributed by atoms with Gasteiger partial charge in [-0.05, 0) is 62.4 Å². The summed E-state index contributed by atoms with van der Waals surface area (Å²) in [6, 6.07) is 14.4. The molecule has 0 unspecified atom stereocenters. The van der Waals surface area contributed by atoms with Gasteiger partial charge in [-0.2, -0.15) is 4.98 Å². The van der Waals surface area contributed by atoms with Gasteiger partial charge in [-0.15, -0.1) is 0 Å². The van der Waals surface area contributed by atoms with Crippen molar-refractivity contribution in [3.63, 3.8) is 0 Å². The Bertz CT molecular complexity index is 954. The van der Waals surface area contributed by atoms with Gasteiger partial charge in [0.25, 0.3) is 5.91 Å². The lowest BCUT2D eigenvalue weighted by molar-refractivity contribution is -0.138. The summed E-state index contributed by atoms with van der Waals surface area (Å²) in [5.41, 5.74) is 0.802. The number of nitrogens with zero attached hydrogens (tertiary/aromatic N) is 3. The summed E-state index contributed by atoms with van der Waals surface area (Å²) < 4.78 is 21.4. The van der Waals surface area contributed by atoms with Gasteiger partial charge in [-0.1, -0.05) is 5.16 Å². The van der Waals surface area contributed by atoms with E-state index in [-0.39, 0.29) is 12.5 Å². The molecule has 1 atom stereocenters. The third kappa shape index (κ3) is 5.08. The van der Waals surface area contributed by atoms with E-state index in [1.54, 1.807) is 50.3 Å². The molecule has 30 heavy (non-hydrogen) atoms. The SMILES string of the molecule is CCN(Cc1nc(-c2ccc(OC)cc2)no1)C(=O)[C@H](C)Oc1ccc(OC)cc1. The largest absolute Gasteiger partial charge is 0.497 e. The molecule has 0 N–H and O–H groups in total. The first kappa shape index (κ1) is 21.2. The van der Waals surface area contributed by atoms with Gasteiger partial charge in [0.05, 0.1) is 14.2 Å². The smallest absolute Gasteiger partial charge is 0.263 e. The van der Waals surface area contributed by atoms with Crippen LogP contribution < -0.4 is 14.2 Å². The maximum atomic E-state index is 12.8. The molecule has 0 aliphatic rings. The minimum atomic E-state index is -0.665. The van der Waals surface area contributed by atoms with Crippen LogP contribution in [0.1, 0.15) is 19.7 Å². The van der Waals surface area contributed by atoms with Gasteiger partial charge >= 0.3 is 0 Å². The molecule has 1 amide bonds. The van der Waals surface area contributed by atoms with Crippen LogP contribution in [-0.2, 0) is 11.3 Å². The van der Waals surface area contributed by atoms with Crippen molar-refractivity contribution in [3.05, 3.63) is 54.4 Å². The second-order valence-corrected chi connectivity index (χ2v) is 6.53. The number of carbonyl (C=O) groups is 1. The molecular formula is C22H25N3O5. The summed E-state index contributed by atoms with van der Waals surface area (Å²) in [5.74, 6) is 2.70. The lowest BCUT2D eigenvalue weighted by atomic mass is 10.2. The van der Waals surface area contributed by atoms with E-state index in [2.05, 4.69) is 10.1 Å². The van der Waals surface area contributed by atoms with Crippen molar-refractivity contribution >= 4 is 5.91 Å². The lowest BCUT2D eigenvalue weighted by Gasteiger charge is -2.23. The maximum Gasteiger partial charge on any atom is 0.263 e. The van der Waals surface area contributed by atoms with Gasteiger partial charge < -0.3 is 23.6 Å². The zero-order chi connectivity index (χ0) is 21.5. The van der Waals surface area contributed by atoms with Gasteiger partial charge in [0.15, 0.2) is 6.10 Å². The Morgan fingerprint density at radius 1 is 1.00 bits per heavy atom. The van der Waals surface area contributed by atoms with E-state index in [1.807, 2.05) is 31.2 Å². The molecule has 3 rings (SSSR count). The molecule has 1 heterocycles. The number of likely N-dealkylation sites (N-methyl/N-ethyl adjacent to an activating group) is 1. The molecule has 3 aromatic rings. The van der Waals surface area contributed by atoms with Crippen molar-refractivity contribution in [2.45, 2.75) is 26.5 Å². The number of benzene rings is 2. The van der Waals surface area contributed by atoms with Gasteiger partial charge in [0, 0.05) is 12.1 Å². The number of rotatable bonds is 9. The number of carbonyl (C=O) groups excluding carboxylic acids is 1. The summed E-state index contributed by atoms with van der Waals surface area (Å²) in [6.45, 7) is 4.29. The highest BCUT2D eigenvalue weighted by Crippen LogP contribution is 2.21. The first-order valence-electron chi connectivity index (χ1n) is 9.60. The van der Waals surface area contributed by atoms with Gasteiger partial charge in [-0.3, -0.25) is 4.79 Å². The van der Waals surface area contributed by atoms with Crippen LogP contribution in [0, 0.1) is 0 Å². The quantitative estimate of drug-likeness (QED) is 0.532. The highest BCUT2D eigenvalue weighted by Gasteiger charge is 2.23. The summed E-state index contributed by atoms with van der Waals surface area (Å²) in [5, 5.41) is 4.01. The van der Waals surface area contributed by atoms with Crippen molar-refractivity contribution in [3.8, 4) is 28.6 Å². The fourth-order valence-corrected chi connectivity index (χ4v) is 2.85. The number of hydrogen-bond donors (Lipinski definition) is 0. The molecular weight excluding hydrogens is 386 g/mol. The lowest BCUT2D eigenvalue weighted by Crippen LogP contribution is -2.40. The average Bonchev–Trinajstić information content (AvgIpc) is 3.26. The predicted octanol–water partition coefficient (Wildman–Crippen LogP) is 3.57. The summed E-state index contributed by atoms with van der Waals surface area (Å²) in [7, 11) is 3.20. The average molecular weight is 411 g/mol. The first-order valence-corrected chi connectivity index (χ1v) is 9.60. The Morgan fingerprint density at radius 2 is 1.57 bits per heavy atom. The Kier molecular flexibility index (Phi) is 6.90. The molecule has 2 aromatic carbocycles. The van der Waals surface area contributed by atoms with E-state index in [1.165, 1.54) is 0 Å². The molecule has 0 aliphatic carbocycles. The maximum absolute atomic E-state index is 12.8. The molecule has 0 radical (unpaired) electrons. The molecule has 1 aromatic heterocycles. The van der Waals surface area contributed by atoms with Crippen LogP contribution in [0.15, 0.2) is 53.1 Å². The Labute approximate surface area is 175 Å². The molecule has 0 fully saturated rings. The molecule has 8 nitrogen and oxygen atoms in total. The monoisotopic (exact) mass is 411 g/mol. The van der Waals surface area contributed by atoms with Crippen molar-refractivity contribution in [2.75, 3.05) is 20.8 Å². The van der Waals surface area contributed by atoms with Crippen LogP contribution in [0.5, 0.6) is 17.2 Å². The minimum absolute atomic E-state index is 0.169. The zero-order valence-electron chi connectivity index (χ0n) is 17.5. The highest BCUT2D eigenvalue weighted by molar-refractivity contribution is 5.80. The van der Waals surface area contributed by atoms with Crippen LogP contribution in [-0.4, -0.2) is 47.8 Å². The fraction of sp³-hybridized carbons (Fsp3) is 0.318. The number of hydrogen-bond acceptors (Lipinski definition) is 7. The van der Waals surface area contributed by atoms with E-state index < -0.39 is 6.10 Å². The minimum Gasteiger partial charge on any atom is -0.497 e. The van der Waals surface area contributed by atoms with Gasteiger partial charge in [0.2, 0.25) is 11.7 Å². The van der Waals surface area contributed by atoms with Crippen LogP contribution >= 0.6 is 0 Å². The molecule has 0 aliphatic heterocycles. The van der Waals surface area contributed by atoms with E-state index in [0.29, 0.717) is 24.0 Å². The second-order valence-electron chi connectivity index (χ2n) is 6.53. The molecule has 158 valence electrons. The Balaban J connectivity index is 1.63. The van der Waals surface area contributed by atoms with E-state index in [4.69, 9.17) is 18.7 Å². The zero-order valence-corrected chi connectivity index (χ0v) is 17.5. The number of aromatic nitrogens is 2. The van der Waals surface area contributed by atoms with Crippen molar-refractivity contribution in [2.24, 2.45) is 0 Å². The molecule has 0 bridgehead atoms. The van der Waals surface area contributed by atoms with E-state index in [0.717, 1.165) is 17.1 Å². The Hall–Kier alpha value is -3.55. The molecule has 8 heteroatoms. The Morgan fingerprint density at radius 3 is 2.13 bits per heavy atom. The van der Waals surface area contributed by atoms with Crippen molar-refractivity contribution in [1.82, 2.24) is 15.0 Å². The topological polar surface area (TPSA) is 86.9 Å². The van der Waals surface area contributed by atoms with Gasteiger partial charge in [-0.25, -0.2) is 0 Å². The number of ether oxygens (including phenoxy) is 3. The van der Waals surface area contributed by atoms with Gasteiger partial charge in [0.1, 0.15) is 23.8 Å². The number of methoxy groups -OCH3 is 2. The van der Waals surface area contributed by atoms with Crippen LogP contribution in [0.25, 0.3) is 11.4 Å². The third-order valence-electron chi connectivity index (χ3n) is 4.56. The molecule has 0 saturated carbocycles. The fourth-order valence-electron chi connectivity index (χ4n) is 2.85. The normalized spacial score (nSPS) is 11.6. The summed E-state index contributed by atoms with van der Waals surface area (Å²) >= 11 is 0. The third-order valence-corrected chi connectivity index (χ3v) is 4.56. The highest BCUT2D eigenvalue weighted by atomic mass is 16.5. The van der Waals surface area contributed by atoms with Crippen molar-refractivity contribution < 1.29 is 23.5 Å². The number of amides is 1. The van der Waals surface area contributed by atoms with E-state index in [9.17, 15) is 4.79 Å². The van der Waals surface area contributed by atoms with Crippen LogP contribution in [0.4, 0.5) is 0 Å². The van der Waals surface area contributed by atoms with Crippen LogP contribution in [0.3, 0.4) is 0 Å². The molecule has 0 saturated heterocycles. The molecule has 0 spiro atoms. The standard InChI is InChI=1S/C22H25N3O5/c1-5-25(22(26)15(2)29-19-12-10-18(28-4)11-13-19)14-20-23-21(24-30-20)16-6-8-17(27-3)9-7-16/h6-13,15H,5,14H2,1-4H3/t15-/m0/s1. The predicted molar refractivity (Wildman–Crippen MR) is 110 cm³/mol. The summed E-state index contributed by atoms with van der Waals surface area (Å²) in [4.78, 5) is 18.8. The van der Waals surface area contributed by atoms with Crippen molar-refractivity contribution in [1.29, 1.82) is 0 Å². The van der Waals surface area contributed by atoms with Crippen LogP contribution in [0.2, 0.25) is 0 Å². The summed E-state index contributed by atoms with van der Waals surface area (Å²) in [6.07, 6.45) is -0.665. The first-order chi connectivity index (χ1) is 14.5. The van der Waals surface area contributed by atoms with E-state index >= 15 is 0 Å². The second kappa shape index (κ2) is 9.78.